The summed E-state index contributed by atoms with van der Waals surface area (Å²) in [5.41, 5.74) is 3.41. The number of rotatable bonds is 4. The predicted octanol–water partition coefficient (Wildman–Crippen LogP) is 3.50. The molecular weight excluding hydrogens is 390 g/mol. The van der Waals surface area contributed by atoms with Crippen LogP contribution in [0.25, 0.3) is 16.9 Å². The van der Waals surface area contributed by atoms with Crippen molar-refractivity contribution in [1.29, 1.82) is 0 Å². The maximum Gasteiger partial charge on any atom is 0.233 e. The molecule has 1 aromatic carbocycles. The average molecular weight is 418 g/mol. The molecule has 0 radical (unpaired) electrons. The fraction of sp³-hybridized carbons (Fsp3) is 0.458. The van der Waals surface area contributed by atoms with E-state index in [1.807, 2.05) is 43.5 Å². The maximum atomic E-state index is 10.5. The summed E-state index contributed by atoms with van der Waals surface area (Å²) in [7, 11) is 0. The molecule has 2 bridgehead atoms. The van der Waals surface area contributed by atoms with Crippen molar-refractivity contribution in [3.8, 4) is 28.6 Å². The first kappa shape index (κ1) is 18.8. The minimum Gasteiger partial charge on any atom is -0.507 e. The minimum atomic E-state index is 0.144. The van der Waals surface area contributed by atoms with Crippen molar-refractivity contribution in [3.63, 3.8) is 0 Å². The number of aryl methyl sites for hydroxylation is 1. The third-order valence-corrected chi connectivity index (χ3v) is 7.92. The lowest BCUT2D eigenvalue weighted by atomic mass is 9.90. The zero-order chi connectivity index (χ0) is 21.3. The standard InChI is InChI=1S/C24H27N5O2/c1-13-8-9-29(28-13)15-4-5-17(20(30)10-15)18-6-7-22(27-26-18)31-16-11-19-23-14(2)24(23,3)21(12-16)25-19/h4-10,14,16,19,21,23,25,30H,11-12H2,1-3H3. The Balaban J connectivity index is 1.16. The largest absolute Gasteiger partial charge is 0.507 e. The number of fused-ring (bicyclic) bond motifs is 5. The van der Waals surface area contributed by atoms with Crippen LogP contribution < -0.4 is 10.1 Å². The van der Waals surface area contributed by atoms with Crippen LogP contribution in [0.15, 0.2) is 42.6 Å². The molecule has 0 spiro atoms. The molecule has 31 heavy (non-hydrogen) atoms. The zero-order valence-corrected chi connectivity index (χ0v) is 18.0. The van der Waals surface area contributed by atoms with Crippen LogP contribution in [0.1, 0.15) is 32.4 Å². The second kappa shape index (κ2) is 6.53. The first-order valence-corrected chi connectivity index (χ1v) is 11.1. The van der Waals surface area contributed by atoms with Crippen LogP contribution >= 0.6 is 0 Å². The van der Waals surface area contributed by atoms with Crippen LogP contribution in [0, 0.1) is 24.2 Å². The monoisotopic (exact) mass is 417 g/mol. The molecule has 160 valence electrons. The summed E-state index contributed by atoms with van der Waals surface area (Å²) in [5.74, 6) is 2.30. The maximum absolute atomic E-state index is 10.5. The molecule has 4 heterocycles. The van der Waals surface area contributed by atoms with Gasteiger partial charge in [0.15, 0.2) is 0 Å². The van der Waals surface area contributed by atoms with Crippen LogP contribution in [0.2, 0.25) is 0 Å². The fourth-order valence-corrected chi connectivity index (χ4v) is 6.08. The number of phenols is 1. The number of aromatic nitrogens is 4. The molecule has 1 saturated carbocycles. The fourth-order valence-electron chi connectivity index (χ4n) is 6.08. The van der Waals surface area contributed by atoms with Crippen molar-refractivity contribution in [2.45, 2.75) is 51.8 Å². The van der Waals surface area contributed by atoms with Gasteiger partial charge in [0.25, 0.3) is 0 Å². The predicted molar refractivity (Wildman–Crippen MR) is 116 cm³/mol. The smallest absolute Gasteiger partial charge is 0.233 e. The van der Waals surface area contributed by atoms with Crippen molar-refractivity contribution in [1.82, 2.24) is 25.3 Å². The van der Waals surface area contributed by atoms with Gasteiger partial charge in [0.1, 0.15) is 11.9 Å². The molecule has 0 amide bonds. The summed E-state index contributed by atoms with van der Waals surface area (Å²) < 4.78 is 7.93. The summed E-state index contributed by atoms with van der Waals surface area (Å²) in [6.07, 6.45) is 4.10. The highest BCUT2D eigenvalue weighted by atomic mass is 16.5. The Morgan fingerprint density at radius 3 is 2.71 bits per heavy atom. The molecule has 3 aromatic rings. The van der Waals surface area contributed by atoms with E-state index in [0.29, 0.717) is 34.6 Å². The van der Waals surface area contributed by atoms with E-state index in [-0.39, 0.29) is 11.9 Å². The van der Waals surface area contributed by atoms with E-state index in [1.165, 1.54) is 0 Å². The second-order valence-corrected chi connectivity index (χ2v) is 9.58. The molecule has 2 aromatic heterocycles. The van der Waals surface area contributed by atoms with Crippen LogP contribution in [-0.2, 0) is 0 Å². The third-order valence-electron chi connectivity index (χ3n) is 7.92. The summed E-state index contributed by atoms with van der Waals surface area (Å²) >= 11 is 0. The highest BCUT2D eigenvalue weighted by molar-refractivity contribution is 5.68. The van der Waals surface area contributed by atoms with Crippen molar-refractivity contribution in [2.24, 2.45) is 17.3 Å². The lowest BCUT2D eigenvalue weighted by Gasteiger charge is -2.34. The van der Waals surface area contributed by atoms with Gasteiger partial charge in [0.05, 0.1) is 17.1 Å². The normalized spacial score (nSPS) is 33.2. The van der Waals surface area contributed by atoms with Crippen molar-refractivity contribution >= 4 is 0 Å². The minimum absolute atomic E-state index is 0.144. The van der Waals surface area contributed by atoms with Gasteiger partial charge in [-0.15, -0.1) is 10.2 Å². The molecule has 2 aliphatic heterocycles. The summed E-state index contributed by atoms with van der Waals surface area (Å²) in [5, 5.41) is 27.3. The molecule has 6 rings (SSSR count). The van der Waals surface area contributed by atoms with Gasteiger partial charge in [0.2, 0.25) is 5.88 Å². The molecule has 7 heteroatoms. The summed E-state index contributed by atoms with van der Waals surface area (Å²) in [6, 6.07) is 12.2. The van der Waals surface area contributed by atoms with Crippen LogP contribution in [0.3, 0.4) is 0 Å². The van der Waals surface area contributed by atoms with Gasteiger partial charge in [-0.1, -0.05) is 13.8 Å². The van der Waals surface area contributed by atoms with Gasteiger partial charge in [-0.05, 0) is 48.4 Å². The Morgan fingerprint density at radius 2 is 2.03 bits per heavy atom. The number of hydrogen-bond donors (Lipinski definition) is 2. The van der Waals surface area contributed by atoms with E-state index >= 15 is 0 Å². The lowest BCUT2D eigenvalue weighted by molar-refractivity contribution is 0.107. The quantitative estimate of drug-likeness (QED) is 0.676. The zero-order valence-electron chi connectivity index (χ0n) is 18.0. The molecule has 3 fully saturated rings. The second-order valence-electron chi connectivity index (χ2n) is 9.58. The van der Waals surface area contributed by atoms with Gasteiger partial charge in [-0.3, -0.25) is 0 Å². The first-order valence-electron chi connectivity index (χ1n) is 11.1. The molecule has 2 saturated heterocycles. The number of nitrogens with zero attached hydrogens (tertiary/aromatic N) is 4. The third kappa shape index (κ3) is 2.86. The Labute approximate surface area is 181 Å². The van der Waals surface area contributed by atoms with E-state index in [2.05, 4.69) is 34.5 Å². The number of hydrogen-bond acceptors (Lipinski definition) is 6. The number of phenolic OH excluding ortho intramolecular Hbond substituents is 1. The Hall–Kier alpha value is -2.93. The molecule has 1 aliphatic carbocycles. The van der Waals surface area contributed by atoms with Crippen molar-refractivity contribution in [3.05, 3.63) is 48.3 Å². The number of aromatic hydroxyl groups is 1. The topological polar surface area (TPSA) is 85.1 Å². The average Bonchev–Trinajstić information content (AvgIpc) is 3.01. The van der Waals surface area contributed by atoms with E-state index in [0.717, 1.165) is 36.1 Å². The Kier molecular flexibility index (Phi) is 3.96. The Morgan fingerprint density at radius 1 is 1.16 bits per heavy atom. The highest BCUT2D eigenvalue weighted by Gasteiger charge is 2.71. The van der Waals surface area contributed by atoms with Crippen molar-refractivity contribution in [2.75, 3.05) is 0 Å². The van der Waals surface area contributed by atoms with Crippen molar-refractivity contribution < 1.29 is 9.84 Å². The molecular formula is C24H27N5O2. The van der Waals surface area contributed by atoms with Gasteiger partial charge in [-0.25, -0.2) is 4.68 Å². The molecule has 7 nitrogen and oxygen atoms in total. The van der Waals surface area contributed by atoms with Crippen LogP contribution in [-0.4, -0.2) is 43.3 Å². The van der Waals surface area contributed by atoms with Gasteiger partial charge >= 0.3 is 0 Å². The number of ether oxygens (including phenoxy) is 1. The number of benzene rings is 1. The van der Waals surface area contributed by atoms with E-state index in [1.54, 1.807) is 10.7 Å². The van der Waals surface area contributed by atoms with Gasteiger partial charge in [-0.2, -0.15) is 5.10 Å². The lowest BCUT2D eigenvalue weighted by Crippen LogP contribution is -2.48. The van der Waals surface area contributed by atoms with E-state index in [4.69, 9.17) is 4.74 Å². The van der Waals surface area contributed by atoms with E-state index in [9.17, 15) is 5.11 Å². The SMILES string of the molecule is Cc1ccn(-c2ccc(-c3ccc(OC4CC5NC(C4)C4(C)C(C)C54)nn3)c(O)c2)n1. The summed E-state index contributed by atoms with van der Waals surface area (Å²) in [6.45, 7) is 6.74. The molecule has 3 aliphatic rings. The highest BCUT2D eigenvalue weighted by Crippen LogP contribution is 2.68. The first-order chi connectivity index (χ1) is 14.9. The van der Waals surface area contributed by atoms with Crippen LogP contribution in [0.5, 0.6) is 11.6 Å². The van der Waals surface area contributed by atoms with Crippen LogP contribution in [0.4, 0.5) is 0 Å². The Bertz CT molecular complexity index is 1140. The van der Waals surface area contributed by atoms with Gasteiger partial charge in [0, 0.05) is 48.8 Å². The number of nitrogens with one attached hydrogen (secondary N) is 1. The number of piperidine rings is 2. The summed E-state index contributed by atoms with van der Waals surface area (Å²) in [4.78, 5) is 0. The van der Waals surface area contributed by atoms with Gasteiger partial charge < -0.3 is 15.2 Å². The molecule has 6 unspecified atom stereocenters. The molecule has 2 N–H and O–H groups in total. The molecule has 6 atom stereocenters. The van der Waals surface area contributed by atoms with E-state index < -0.39 is 0 Å².